The van der Waals surface area contributed by atoms with Gasteiger partial charge in [0.15, 0.2) is 17.4 Å². The van der Waals surface area contributed by atoms with Crippen molar-refractivity contribution in [1.29, 1.82) is 0 Å². The van der Waals surface area contributed by atoms with Gasteiger partial charge in [0.25, 0.3) is 0 Å². The van der Waals surface area contributed by atoms with Gasteiger partial charge in [-0.25, -0.2) is 8.78 Å². The summed E-state index contributed by atoms with van der Waals surface area (Å²) < 4.78 is 34.4. The van der Waals surface area contributed by atoms with Crippen LogP contribution in [0.2, 0.25) is 0 Å². The van der Waals surface area contributed by atoms with E-state index >= 15 is 0 Å². The van der Waals surface area contributed by atoms with E-state index in [1.807, 2.05) is 50.2 Å². The van der Waals surface area contributed by atoms with Crippen LogP contribution in [0.25, 0.3) is 10.9 Å². The summed E-state index contributed by atoms with van der Waals surface area (Å²) in [7, 11) is 0. The van der Waals surface area contributed by atoms with Crippen molar-refractivity contribution in [3.63, 3.8) is 0 Å². The molecule has 3 aromatic carbocycles. The predicted octanol–water partition coefficient (Wildman–Crippen LogP) is 6.83. The molecule has 4 nitrogen and oxygen atoms in total. The number of Topliss-reactive ketones (excluding diaryl/α,β-unsaturated/α-hetero) is 1. The van der Waals surface area contributed by atoms with E-state index in [1.165, 1.54) is 13.0 Å². The van der Waals surface area contributed by atoms with Crippen molar-refractivity contribution in [1.82, 2.24) is 4.57 Å². The molecular formula is C29H27F2NO3. The van der Waals surface area contributed by atoms with Gasteiger partial charge in [0.05, 0.1) is 5.52 Å². The summed E-state index contributed by atoms with van der Waals surface area (Å²) in [6, 6.07) is 18.9. The number of aromatic nitrogens is 1. The summed E-state index contributed by atoms with van der Waals surface area (Å²) in [4.78, 5) is 25.1. The molecule has 35 heavy (non-hydrogen) atoms. The number of carbonyl (C=O) groups is 2. The van der Waals surface area contributed by atoms with Crippen LogP contribution in [-0.4, -0.2) is 16.3 Å². The van der Waals surface area contributed by atoms with Crippen LogP contribution in [-0.2, 0) is 17.8 Å². The first-order valence-corrected chi connectivity index (χ1v) is 11.6. The highest BCUT2D eigenvalue weighted by Crippen LogP contribution is 2.35. The predicted molar refractivity (Wildman–Crippen MR) is 132 cm³/mol. The number of benzene rings is 3. The molecule has 1 aromatic heterocycles. The molecule has 0 unspecified atom stereocenters. The number of ether oxygens (including phenoxy) is 1. The number of hydrogen-bond donors (Lipinski definition) is 0. The van der Waals surface area contributed by atoms with E-state index in [-0.39, 0.29) is 18.1 Å². The van der Waals surface area contributed by atoms with Crippen LogP contribution >= 0.6 is 0 Å². The number of fused-ring (bicyclic) bond motifs is 1. The Balaban J connectivity index is 1.79. The van der Waals surface area contributed by atoms with Crippen LogP contribution in [0.1, 0.15) is 60.3 Å². The first kappa shape index (κ1) is 24.3. The summed E-state index contributed by atoms with van der Waals surface area (Å²) in [6.07, 6.45) is 0.450. The zero-order chi connectivity index (χ0) is 25.1. The maximum Gasteiger partial charge on any atom is 0.308 e. The molecule has 0 saturated carbocycles. The van der Waals surface area contributed by atoms with Gasteiger partial charge in [0, 0.05) is 42.6 Å². The smallest absolute Gasteiger partial charge is 0.308 e. The SMILES string of the molecule is CC(=O)Oc1ccc2c(C(=O)CCc3ccc(F)c(F)c3)c(C(C)C)n(Cc3ccccc3)c2c1. The average Bonchev–Trinajstić information content (AvgIpc) is 3.13. The Bertz CT molecular complexity index is 1390. The second-order valence-electron chi connectivity index (χ2n) is 8.93. The Kier molecular flexibility index (Phi) is 7.10. The summed E-state index contributed by atoms with van der Waals surface area (Å²) in [5, 5.41) is 0.774. The van der Waals surface area contributed by atoms with Gasteiger partial charge in [-0.1, -0.05) is 50.2 Å². The third-order valence-electron chi connectivity index (χ3n) is 5.97. The van der Waals surface area contributed by atoms with Crippen molar-refractivity contribution in [3.8, 4) is 5.75 Å². The largest absolute Gasteiger partial charge is 0.427 e. The molecule has 4 aromatic rings. The van der Waals surface area contributed by atoms with E-state index in [4.69, 9.17) is 4.74 Å². The topological polar surface area (TPSA) is 48.3 Å². The fraction of sp³-hybridized carbons (Fsp3) is 0.241. The molecule has 6 heteroatoms. The van der Waals surface area contributed by atoms with Crippen LogP contribution < -0.4 is 4.74 Å². The number of nitrogens with zero attached hydrogens (tertiary/aromatic N) is 1. The second kappa shape index (κ2) is 10.2. The Hall–Kier alpha value is -3.80. The Labute approximate surface area is 203 Å². The normalized spacial score (nSPS) is 11.3. The molecule has 0 atom stereocenters. The van der Waals surface area contributed by atoms with Gasteiger partial charge in [0.1, 0.15) is 5.75 Å². The highest BCUT2D eigenvalue weighted by atomic mass is 19.2. The number of rotatable bonds is 8. The first-order chi connectivity index (χ1) is 16.7. The van der Waals surface area contributed by atoms with E-state index in [0.29, 0.717) is 29.8 Å². The minimum atomic E-state index is -0.921. The van der Waals surface area contributed by atoms with E-state index in [1.54, 1.807) is 12.1 Å². The molecule has 0 amide bonds. The van der Waals surface area contributed by atoms with Crippen molar-refractivity contribution in [2.75, 3.05) is 0 Å². The standard InChI is InChI=1S/C29H27F2NO3/c1-18(2)29-28(27(34)14-10-20-9-13-24(30)25(31)15-20)23-12-11-22(35-19(3)33)16-26(23)32(29)17-21-7-5-4-6-8-21/h4-9,11-13,15-16,18H,10,14,17H2,1-3H3. The van der Waals surface area contributed by atoms with E-state index in [9.17, 15) is 18.4 Å². The molecule has 0 spiro atoms. The Morgan fingerprint density at radius 2 is 1.66 bits per heavy atom. The molecule has 0 bridgehead atoms. The third kappa shape index (κ3) is 5.32. The van der Waals surface area contributed by atoms with E-state index in [2.05, 4.69) is 4.57 Å². The highest BCUT2D eigenvalue weighted by molar-refractivity contribution is 6.10. The van der Waals surface area contributed by atoms with Gasteiger partial charge >= 0.3 is 5.97 Å². The van der Waals surface area contributed by atoms with Crippen molar-refractivity contribution in [2.45, 2.75) is 46.1 Å². The number of aryl methyl sites for hydroxylation is 1. The summed E-state index contributed by atoms with van der Waals surface area (Å²) >= 11 is 0. The lowest BCUT2D eigenvalue weighted by atomic mass is 9.96. The van der Waals surface area contributed by atoms with Crippen LogP contribution in [0, 0.1) is 11.6 Å². The lowest BCUT2D eigenvalue weighted by molar-refractivity contribution is -0.131. The lowest BCUT2D eigenvalue weighted by Gasteiger charge is -2.15. The number of hydrogen-bond acceptors (Lipinski definition) is 3. The number of halogens is 2. The zero-order valence-electron chi connectivity index (χ0n) is 20.0. The Morgan fingerprint density at radius 1 is 0.914 bits per heavy atom. The third-order valence-corrected chi connectivity index (χ3v) is 5.97. The summed E-state index contributed by atoms with van der Waals surface area (Å²) in [6.45, 7) is 5.97. The molecule has 180 valence electrons. The van der Waals surface area contributed by atoms with Crippen LogP contribution in [0.4, 0.5) is 8.78 Å². The van der Waals surface area contributed by atoms with Gasteiger partial charge < -0.3 is 9.30 Å². The van der Waals surface area contributed by atoms with Crippen molar-refractivity contribution in [3.05, 3.63) is 101 Å². The maximum atomic E-state index is 13.6. The number of ketones is 1. The van der Waals surface area contributed by atoms with Gasteiger partial charge in [0.2, 0.25) is 0 Å². The van der Waals surface area contributed by atoms with Crippen molar-refractivity contribution >= 4 is 22.7 Å². The van der Waals surface area contributed by atoms with Crippen LogP contribution in [0.5, 0.6) is 5.75 Å². The van der Waals surface area contributed by atoms with Crippen LogP contribution in [0.15, 0.2) is 66.7 Å². The van der Waals surface area contributed by atoms with Crippen molar-refractivity contribution in [2.24, 2.45) is 0 Å². The van der Waals surface area contributed by atoms with Gasteiger partial charge in [-0.05, 0) is 47.7 Å². The van der Waals surface area contributed by atoms with E-state index in [0.717, 1.165) is 34.3 Å². The molecule has 0 aliphatic heterocycles. The molecule has 0 radical (unpaired) electrons. The molecule has 0 aliphatic rings. The molecule has 4 rings (SSSR count). The molecular weight excluding hydrogens is 448 g/mol. The molecule has 0 N–H and O–H groups in total. The maximum absolute atomic E-state index is 13.6. The van der Waals surface area contributed by atoms with Gasteiger partial charge in [-0.15, -0.1) is 0 Å². The summed E-state index contributed by atoms with van der Waals surface area (Å²) in [5.41, 5.74) is 3.94. The first-order valence-electron chi connectivity index (χ1n) is 11.6. The summed E-state index contributed by atoms with van der Waals surface area (Å²) in [5.74, 6) is -1.88. The zero-order valence-corrected chi connectivity index (χ0v) is 20.0. The molecule has 0 saturated heterocycles. The highest BCUT2D eigenvalue weighted by Gasteiger charge is 2.25. The fourth-order valence-corrected chi connectivity index (χ4v) is 4.49. The quantitative estimate of drug-likeness (QED) is 0.159. The fourth-order valence-electron chi connectivity index (χ4n) is 4.49. The minimum Gasteiger partial charge on any atom is -0.427 e. The average molecular weight is 476 g/mol. The van der Waals surface area contributed by atoms with Gasteiger partial charge in [-0.2, -0.15) is 0 Å². The lowest BCUT2D eigenvalue weighted by Crippen LogP contribution is -2.11. The number of esters is 1. The monoisotopic (exact) mass is 475 g/mol. The molecule has 0 fully saturated rings. The van der Waals surface area contributed by atoms with E-state index < -0.39 is 17.6 Å². The molecule has 1 heterocycles. The number of carbonyl (C=O) groups excluding carboxylic acids is 2. The van der Waals surface area contributed by atoms with Crippen LogP contribution in [0.3, 0.4) is 0 Å². The minimum absolute atomic E-state index is 0.0329. The molecule has 0 aliphatic carbocycles. The Morgan fingerprint density at radius 3 is 2.31 bits per heavy atom. The second-order valence-corrected chi connectivity index (χ2v) is 8.93. The van der Waals surface area contributed by atoms with Crippen molar-refractivity contribution < 1.29 is 23.1 Å². The van der Waals surface area contributed by atoms with Gasteiger partial charge in [-0.3, -0.25) is 9.59 Å².